The Morgan fingerprint density at radius 3 is 2.83 bits per heavy atom. The quantitative estimate of drug-likeness (QED) is 0.825. The van der Waals surface area contributed by atoms with E-state index in [9.17, 15) is 9.90 Å². The summed E-state index contributed by atoms with van der Waals surface area (Å²) >= 11 is 1.28. The first-order valence-electron chi connectivity index (χ1n) is 5.89. The molecule has 2 rings (SSSR count). The molecule has 0 aliphatic heterocycles. The van der Waals surface area contributed by atoms with Crippen molar-refractivity contribution in [2.75, 3.05) is 13.7 Å². The van der Waals surface area contributed by atoms with Crippen molar-refractivity contribution in [3.8, 4) is 0 Å². The highest BCUT2D eigenvalue weighted by molar-refractivity contribution is 7.13. The number of thiazole rings is 1. The lowest BCUT2D eigenvalue weighted by molar-refractivity contribution is -0.0809. The van der Waals surface area contributed by atoms with Crippen LogP contribution < -0.4 is 0 Å². The normalized spacial score (nSPS) is 17.3. The average molecular weight is 271 g/mol. The minimum Gasteiger partial charge on any atom is -0.458 e. The first-order valence-corrected chi connectivity index (χ1v) is 6.70. The predicted octanol–water partition coefficient (Wildman–Crippen LogP) is 1.67. The van der Waals surface area contributed by atoms with Crippen LogP contribution in [0.15, 0.2) is 0 Å². The molecule has 1 aliphatic rings. The highest BCUT2D eigenvalue weighted by atomic mass is 32.1. The number of aliphatic hydroxyl groups is 1. The van der Waals surface area contributed by atoms with E-state index in [1.165, 1.54) is 11.3 Å². The van der Waals surface area contributed by atoms with Crippen LogP contribution in [-0.4, -0.2) is 35.4 Å². The van der Waals surface area contributed by atoms with Gasteiger partial charge in [-0.1, -0.05) is 0 Å². The van der Waals surface area contributed by atoms with E-state index in [1.54, 1.807) is 14.0 Å². The summed E-state index contributed by atoms with van der Waals surface area (Å²) in [5, 5.41) is 10.6. The summed E-state index contributed by atoms with van der Waals surface area (Å²) in [6.45, 7) is 2.23. The van der Waals surface area contributed by atoms with Crippen molar-refractivity contribution >= 4 is 17.3 Å². The van der Waals surface area contributed by atoms with Crippen LogP contribution in [0, 0.1) is 6.92 Å². The SMILES string of the molecule is COCc1nc(C)c(C(=O)OCC2(O)CCC2)s1. The second kappa shape index (κ2) is 5.34. The van der Waals surface area contributed by atoms with Gasteiger partial charge in [0.05, 0.1) is 17.9 Å². The molecular weight excluding hydrogens is 254 g/mol. The Balaban J connectivity index is 1.95. The molecule has 100 valence electrons. The minimum atomic E-state index is -0.802. The number of hydrogen-bond donors (Lipinski definition) is 1. The molecule has 1 aromatic heterocycles. The fourth-order valence-electron chi connectivity index (χ4n) is 1.82. The highest BCUT2D eigenvalue weighted by Gasteiger charge is 2.36. The van der Waals surface area contributed by atoms with Gasteiger partial charge in [-0.15, -0.1) is 11.3 Å². The van der Waals surface area contributed by atoms with Gasteiger partial charge in [0, 0.05) is 7.11 Å². The van der Waals surface area contributed by atoms with Crippen molar-refractivity contribution in [1.82, 2.24) is 4.98 Å². The van der Waals surface area contributed by atoms with Gasteiger partial charge in [-0.25, -0.2) is 9.78 Å². The number of ether oxygens (including phenoxy) is 2. The number of hydrogen-bond acceptors (Lipinski definition) is 6. The lowest BCUT2D eigenvalue weighted by Gasteiger charge is -2.35. The molecule has 0 spiro atoms. The van der Waals surface area contributed by atoms with Crippen LogP contribution in [-0.2, 0) is 16.1 Å². The van der Waals surface area contributed by atoms with Gasteiger partial charge in [0.25, 0.3) is 0 Å². The van der Waals surface area contributed by atoms with Crippen molar-refractivity contribution in [3.63, 3.8) is 0 Å². The molecule has 0 unspecified atom stereocenters. The van der Waals surface area contributed by atoms with E-state index in [2.05, 4.69) is 4.98 Å². The summed E-state index contributed by atoms with van der Waals surface area (Å²) in [5.74, 6) is -0.410. The van der Waals surface area contributed by atoms with Crippen LogP contribution >= 0.6 is 11.3 Å². The predicted molar refractivity (Wildman–Crippen MR) is 66.6 cm³/mol. The molecule has 5 nitrogen and oxygen atoms in total. The molecule has 0 saturated heterocycles. The second-order valence-corrected chi connectivity index (χ2v) is 5.69. The van der Waals surface area contributed by atoms with Crippen molar-refractivity contribution in [1.29, 1.82) is 0 Å². The van der Waals surface area contributed by atoms with E-state index in [0.29, 0.717) is 30.0 Å². The maximum absolute atomic E-state index is 11.9. The molecule has 0 aromatic carbocycles. The van der Waals surface area contributed by atoms with Gasteiger partial charge in [-0.05, 0) is 26.2 Å². The molecule has 1 saturated carbocycles. The first kappa shape index (κ1) is 13.5. The van der Waals surface area contributed by atoms with Crippen LogP contribution in [0.1, 0.15) is 39.6 Å². The van der Waals surface area contributed by atoms with Crippen LogP contribution in [0.4, 0.5) is 0 Å². The number of esters is 1. The molecule has 0 radical (unpaired) electrons. The third-order valence-corrected chi connectivity index (χ3v) is 4.16. The van der Waals surface area contributed by atoms with E-state index in [4.69, 9.17) is 9.47 Å². The number of aryl methyl sites for hydroxylation is 1. The van der Waals surface area contributed by atoms with Gasteiger partial charge < -0.3 is 14.6 Å². The third kappa shape index (κ3) is 2.88. The Hall–Kier alpha value is -0.980. The Kier molecular flexibility index (Phi) is 3.99. The molecule has 0 bridgehead atoms. The Morgan fingerprint density at radius 1 is 1.56 bits per heavy atom. The van der Waals surface area contributed by atoms with Crippen LogP contribution in [0.25, 0.3) is 0 Å². The molecule has 0 atom stereocenters. The van der Waals surface area contributed by atoms with Crippen molar-refractivity contribution in [2.45, 2.75) is 38.4 Å². The van der Waals surface area contributed by atoms with E-state index < -0.39 is 11.6 Å². The molecule has 1 fully saturated rings. The van der Waals surface area contributed by atoms with E-state index in [0.717, 1.165) is 11.4 Å². The molecule has 6 heteroatoms. The van der Waals surface area contributed by atoms with Gasteiger partial charge in [0.2, 0.25) is 0 Å². The fraction of sp³-hybridized carbons (Fsp3) is 0.667. The first-order chi connectivity index (χ1) is 8.54. The van der Waals surface area contributed by atoms with Crippen molar-refractivity contribution < 1.29 is 19.4 Å². The van der Waals surface area contributed by atoms with Crippen molar-refractivity contribution in [2.24, 2.45) is 0 Å². The van der Waals surface area contributed by atoms with Crippen molar-refractivity contribution in [3.05, 3.63) is 15.6 Å². The molecule has 1 aliphatic carbocycles. The summed E-state index contributed by atoms with van der Waals surface area (Å²) in [6.07, 6.45) is 2.40. The van der Waals surface area contributed by atoms with Crippen LogP contribution in [0.2, 0.25) is 0 Å². The van der Waals surface area contributed by atoms with Gasteiger partial charge in [-0.3, -0.25) is 0 Å². The number of nitrogens with zero attached hydrogens (tertiary/aromatic N) is 1. The zero-order chi connectivity index (χ0) is 13.2. The zero-order valence-corrected chi connectivity index (χ0v) is 11.4. The number of carbonyl (C=O) groups is 1. The number of methoxy groups -OCH3 is 1. The number of aromatic nitrogens is 1. The van der Waals surface area contributed by atoms with Gasteiger partial charge in [-0.2, -0.15) is 0 Å². The van der Waals surface area contributed by atoms with E-state index >= 15 is 0 Å². The smallest absolute Gasteiger partial charge is 0.350 e. The molecule has 1 aromatic rings. The highest BCUT2D eigenvalue weighted by Crippen LogP contribution is 2.32. The van der Waals surface area contributed by atoms with E-state index in [-0.39, 0.29) is 6.61 Å². The molecule has 18 heavy (non-hydrogen) atoms. The second-order valence-electron chi connectivity index (χ2n) is 4.61. The molecule has 1 N–H and O–H groups in total. The Labute approximate surface area is 110 Å². The topological polar surface area (TPSA) is 68.7 Å². The molecule has 0 amide bonds. The standard InChI is InChI=1S/C12H17NO4S/c1-8-10(18-9(13-8)6-16-2)11(14)17-7-12(15)4-3-5-12/h15H,3-7H2,1-2H3. The zero-order valence-electron chi connectivity index (χ0n) is 10.6. The monoisotopic (exact) mass is 271 g/mol. The summed E-state index contributed by atoms with van der Waals surface area (Å²) in [5.41, 5.74) is -0.151. The molecule has 1 heterocycles. The maximum Gasteiger partial charge on any atom is 0.350 e. The average Bonchev–Trinajstić information content (AvgIpc) is 2.65. The summed E-state index contributed by atoms with van der Waals surface area (Å²) < 4.78 is 10.1. The molecular formula is C12H17NO4S. The van der Waals surface area contributed by atoms with Gasteiger partial charge in [0.15, 0.2) is 0 Å². The lowest BCUT2D eigenvalue weighted by Crippen LogP contribution is -2.42. The number of rotatable bonds is 5. The van der Waals surface area contributed by atoms with Crippen LogP contribution in [0.3, 0.4) is 0 Å². The van der Waals surface area contributed by atoms with Crippen LogP contribution in [0.5, 0.6) is 0 Å². The minimum absolute atomic E-state index is 0.0722. The summed E-state index contributed by atoms with van der Waals surface area (Å²) in [6, 6.07) is 0. The Bertz CT molecular complexity index is 439. The van der Waals surface area contributed by atoms with Gasteiger partial charge in [0.1, 0.15) is 16.5 Å². The maximum atomic E-state index is 11.9. The third-order valence-electron chi connectivity index (χ3n) is 3.05. The lowest BCUT2D eigenvalue weighted by atomic mass is 9.81. The fourth-order valence-corrected chi connectivity index (χ4v) is 2.75. The summed E-state index contributed by atoms with van der Waals surface area (Å²) in [7, 11) is 1.58. The number of carbonyl (C=O) groups excluding carboxylic acids is 1. The Morgan fingerprint density at radius 2 is 2.28 bits per heavy atom. The largest absolute Gasteiger partial charge is 0.458 e. The van der Waals surface area contributed by atoms with Gasteiger partial charge >= 0.3 is 5.97 Å². The van der Waals surface area contributed by atoms with E-state index in [1.807, 2.05) is 0 Å². The summed E-state index contributed by atoms with van der Waals surface area (Å²) in [4.78, 5) is 16.6.